The Balaban J connectivity index is 2.55. The third kappa shape index (κ3) is 2.84. The summed E-state index contributed by atoms with van der Waals surface area (Å²) in [6, 6.07) is 0. The van der Waals surface area contributed by atoms with Crippen LogP contribution in [0.3, 0.4) is 0 Å². The van der Waals surface area contributed by atoms with E-state index >= 15 is 0 Å². The highest BCUT2D eigenvalue weighted by Crippen LogP contribution is 2.10. The van der Waals surface area contributed by atoms with Crippen LogP contribution in [0, 0.1) is 0 Å². The number of nitrogens with one attached hydrogen (secondary N) is 1. The van der Waals surface area contributed by atoms with E-state index in [0.717, 1.165) is 0 Å². The van der Waals surface area contributed by atoms with Crippen molar-refractivity contribution in [1.29, 1.82) is 0 Å². The van der Waals surface area contributed by atoms with Crippen LogP contribution in [0.4, 0.5) is 14.6 Å². The van der Waals surface area contributed by atoms with Crippen molar-refractivity contribution in [3.05, 3.63) is 5.69 Å². The van der Waals surface area contributed by atoms with Gasteiger partial charge in [-0.25, -0.2) is 13.4 Å². The van der Waals surface area contributed by atoms with E-state index in [1.807, 2.05) is 5.32 Å². The average Bonchev–Trinajstić information content (AvgIpc) is 2.61. The third-order valence-corrected chi connectivity index (χ3v) is 1.47. The standard InChI is InChI=1S/C6H8F2N4O3/c7-6(8,2-13)1-10-5(14)3-4(9)12-15-11-3/h13H,1-2H2,(H2,9,12)(H,10,14). The van der Waals surface area contributed by atoms with Gasteiger partial charge in [-0.3, -0.25) is 4.79 Å². The van der Waals surface area contributed by atoms with Crippen LogP contribution in [0.2, 0.25) is 0 Å². The molecule has 15 heavy (non-hydrogen) atoms. The minimum Gasteiger partial charge on any atom is -0.390 e. The number of halogens is 2. The fraction of sp³-hybridized carbons (Fsp3) is 0.500. The van der Waals surface area contributed by atoms with Gasteiger partial charge in [-0.1, -0.05) is 0 Å². The second-order valence-corrected chi connectivity index (χ2v) is 2.69. The van der Waals surface area contributed by atoms with Crippen molar-refractivity contribution in [2.45, 2.75) is 5.92 Å². The van der Waals surface area contributed by atoms with Crippen molar-refractivity contribution in [3.63, 3.8) is 0 Å². The van der Waals surface area contributed by atoms with E-state index in [0.29, 0.717) is 0 Å². The molecule has 0 saturated heterocycles. The summed E-state index contributed by atoms with van der Waals surface area (Å²) in [5.74, 6) is -4.62. The zero-order chi connectivity index (χ0) is 11.5. The van der Waals surface area contributed by atoms with Crippen molar-refractivity contribution >= 4 is 11.7 Å². The van der Waals surface area contributed by atoms with E-state index in [2.05, 4.69) is 14.9 Å². The van der Waals surface area contributed by atoms with Gasteiger partial charge in [-0.2, -0.15) is 0 Å². The molecular weight excluding hydrogens is 214 g/mol. The molecule has 0 spiro atoms. The molecule has 0 unspecified atom stereocenters. The maximum Gasteiger partial charge on any atom is 0.287 e. The van der Waals surface area contributed by atoms with Crippen LogP contribution in [-0.2, 0) is 0 Å². The summed E-state index contributed by atoms with van der Waals surface area (Å²) in [5, 5.41) is 16.3. The van der Waals surface area contributed by atoms with Gasteiger partial charge in [-0.15, -0.1) is 0 Å². The average molecular weight is 222 g/mol. The molecule has 1 aromatic heterocycles. The van der Waals surface area contributed by atoms with Crippen LogP contribution in [-0.4, -0.2) is 40.4 Å². The number of aromatic nitrogens is 2. The largest absolute Gasteiger partial charge is 0.390 e. The van der Waals surface area contributed by atoms with Crippen molar-refractivity contribution in [2.75, 3.05) is 18.9 Å². The molecule has 0 radical (unpaired) electrons. The molecule has 1 amide bonds. The molecule has 9 heteroatoms. The molecule has 84 valence electrons. The van der Waals surface area contributed by atoms with Crippen LogP contribution < -0.4 is 11.1 Å². The maximum atomic E-state index is 12.5. The number of hydrogen-bond acceptors (Lipinski definition) is 6. The summed E-state index contributed by atoms with van der Waals surface area (Å²) >= 11 is 0. The summed E-state index contributed by atoms with van der Waals surface area (Å²) in [5.41, 5.74) is 4.78. The van der Waals surface area contributed by atoms with Crippen LogP contribution in [0.1, 0.15) is 10.5 Å². The van der Waals surface area contributed by atoms with E-state index < -0.39 is 25.0 Å². The molecule has 0 atom stereocenters. The summed E-state index contributed by atoms with van der Waals surface area (Å²) in [7, 11) is 0. The first kappa shape index (κ1) is 11.3. The van der Waals surface area contributed by atoms with Gasteiger partial charge >= 0.3 is 0 Å². The van der Waals surface area contributed by atoms with Crippen LogP contribution in [0.5, 0.6) is 0 Å². The molecule has 0 aliphatic rings. The first-order valence-electron chi connectivity index (χ1n) is 3.81. The first-order chi connectivity index (χ1) is 6.96. The highest BCUT2D eigenvalue weighted by atomic mass is 19.3. The lowest BCUT2D eigenvalue weighted by Crippen LogP contribution is -2.39. The summed E-state index contributed by atoms with van der Waals surface area (Å²) in [6.07, 6.45) is 0. The van der Waals surface area contributed by atoms with Crippen LogP contribution >= 0.6 is 0 Å². The topological polar surface area (TPSA) is 114 Å². The highest BCUT2D eigenvalue weighted by molar-refractivity contribution is 5.95. The van der Waals surface area contributed by atoms with Crippen molar-refractivity contribution in [1.82, 2.24) is 15.6 Å². The molecule has 1 rings (SSSR count). The minimum atomic E-state index is -3.39. The van der Waals surface area contributed by atoms with Crippen molar-refractivity contribution in [2.24, 2.45) is 0 Å². The quantitative estimate of drug-likeness (QED) is 0.602. The monoisotopic (exact) mass is 222 g/mol. The van der Waals surface area contributed by atoms with E-state index in [9.17, 15) is 13.6 Å². The number of carbonyl (C=O) groups excluding carboxylic acids is 1. The fourth-order valence-corrected chi connectivity index (χ4v) is 0.702. The molecule has 0 bridgehead atoms. The van der Waals surface area contributed by atoms with E-state index in [1.54, 1.807) is 0 Å². The lowest BCUT2D eigenvalue weighted by Gasteiger charge is -2.12. The number of amides is 1. The van der Waals surface area contributed by atoms with E-state index in [1.165, 1.54) is 0 Å². The third-order valence-electron chi connectivity index (χ3n) is 1.47. The predicted molar refractivity (Wildman–Crippen MR) is 43.1 cm³/mol. The molecule has 1 heterocycles. The Hall–Kier alpha value is -1.77. The number of alkyl halides is 2. The van der Waals surface area contributed by atoms with E-state index in [-0.39, 0.29) is 11.5 Å². The lowest BCUT2D eigenvalue weighted by atomic mass is 10.3. The number of rotatable bonds is 4. The Morgan fingerprint density at radius 2 is 2.27 bits per heavy atom. The number of anilines is 1. The second kappa shape index (κ2) is 4.17. The lowest BCUT2D eigenvalue weighted by molar-refractivity contribution is -0.0462. The highest BCUT2D eigenvalue weighted by Gasteiger charge is 2.29. The van der Waals surface area contributed by atoms with Crippen LogP contribution in [0.25, 0.3) is 0 Å². The molecule has 0 aromatic carbocycles. The maximum absolute atomic E-state index is 12.5. The molecule has 0 aliphatic heterocycles. The zero-order valence-electron chi connectivity index (χ0n) is 7.41. The van der Waals surface area contributed by atoms with Gasteiger partial charge in [0, 0.05) is 0 Å². The predicted octanol–water partition coefficient (Wildman–Crippen LogP) is -0.991. The van der Waals surface area contributed by atoms with Gasteiger partial charge in [0.05, 0.1) is 6.54 Å². The molecule has 1 aromatic rings. The van der Waals surface area contributed by atoms with Gasteiger partial charge < -0.3 is 16.2 Å². The molecule has 0 fully saturated rings. The number of nitrogen functional groups attached to an aromatic ring is 1. The van der Waals surface area contributed by atoms with Gasteiger partial charge in [0.25, 0.3) is 11.8 Å². The smallest absolute Gasteiger partial charge is 0.287 e. The van der Waals surface area contributed by atoms with Gasteiger partial charge in [-0.05, 0) is 10.3 Å². The van der Waals surface area contributed by atoms with Crippen molar-refractivity contribution < 1.29 is 23.3 Å². The SMILES string of the molecule is Nc1nonc1C(=O)NCC(F)(F)CO. The normalized spacial score (nSPS) is 11.4. The van der Waals surface area contributed by atoms with Gasteiger partial charge in [0.1, 0.15) is 6.61 Å². The molecule has 0 saturated carbocycles. The van der Waals surface area contributed by atoms with Crippen LogP contribution in [0.15, 0.2) is 4.63 Å². The minimum absolute atomic E-state index is 0.292. The number of hydrogen-bond donors (Lipinski definition) is 3. The second-order valence-electron chi connectivity index (χ2n) is 2.69. The van der Waals surface area contributed by atoms with Gasteiger partial charge in [0.2, 0.25) is 11.5 Å². The number of carbonyl (C=O) groups is 1. The fourth-order valence-electron chi connectivity index (χ4n) is 0.702. The molecule has 7 nitrogen and oxygen atoms in total. The van der Waals surface area contributed by atoms with E-state index in [4.69, 9.17) is 10.8 Å². The Bertz CT molecular complexity index is 354. The summed E-state index contributed by atoms with van der Waals surface area (Å²) in [4.78, 5) is 11.1. The Morgan fingerprint density at radius 1 is 1.60 bits per heavy atom. The Labute approximate surface area is 82.2 Å². The first-order valence-corrected chi connectivity index (χ1v) is 3.81. The Kier molecular flexibility index (Phi) is 3.14. The zero-order valence-corrected chi connectivity index (χ0v) is 7.41. The number of nitrogens with two attached hydrogens (primary N) is 1. The molecule has 4 N–H and O–H groups in total. The number of aliphatic hydroxyl groups excluding tert-OH is 1. The summed E-state index contributed by atoms with van der Waals surface area (Å²) < 4.78 is 29.1. The number of nitrogens with zero attached hydrogens (tertiary/aromatic N) is 2. The Morgan fingerprint density at radius 3 is 2.73 bits per heavy atom. The van der Waals surface area contributed by atoms with Gasteiger partial charge in [0.15, 0.2) is 0 Å². The summed E-state index contributed by atoms with van der Waals surface area (Å²) in [6.45, 7) is -2.38. The number of aliphatic hydroxyl groups is 1. The van der Waals surface area contributed by atoms with Crippen molar-refractivity contribution in [3.8, 4) is 0 Å². The molecule has 0 aliphatic carbocycles. The molecular formula is C6H8F2N4O3.